The molecule has 0 aromatic heterocycles. The highest BCUT2D eigenvalue weighted by atomic mass is 28.1. The van der Waals surface area contributed by atoms with Crippen LogP contribution < -0.4 is 0 Å². The van der Waals surface area contributed by atoms with Crippen molar-refractivity contribution in [1.29, 1.82) is 0 Å². The van der Waals surface area contributed by atoms with Gasteiger partial charge in [0.2, 0.25) is 0 Å². The molecule has 0 aliphatic carbocycles. The largest absolute Gasteiger partial charge is 0.478 e. The summed E-state index contributed by atoms with van der Waals surface area (Å²) in [6.45, 7) is 8.28. The summed E-state index contributed by atoms with van der Waals surface area (Å²) in [6, 6.07) is 1.05. The van der Waals surface area contributed by atoms with Gasteiger partial charge in [-0.15, -0.1) is 0 Å². The number of esters is 1. The Balaban J connectivity index is 4.56. The maximum absolute atomic E-state index is 11.8. The second-order valence-corrected chi connectivity index (χ2v) is 7.74. The van der Waals surface area contributed by atoms with Crippen LogP contribution in [0.3, 0.4) is 0 Å². The van der Waals surface area contributed by atoms with Gasteiger partial charge in [0.15, 0.2) is 0 Å². The third kappa shape index (κ3) is 8.35. The first-order valence-corrected chi connectivity index (χ1v) is 10.2. The minimum atomic E-state index is -1.14. The fraction of sp³-hybridized carbons (Fsp3) is 0.778. The van der Waals surface area contributed by atoms with Crippen LogP contribution in [0, 0.1) is 5.41 Å². The van der Waals surface area contributed by atoms with Crippen molar-refractivity contribution >= 4 is 22.2 Å². The molecule has 0 aromatic carbocycles. The first kappa shape index (κ1) is 21.9. The summed E-state index contributed by atoms with van der Waals surface area (Å²) in [5.41, 5.74) is -0.658. The van der Waals surface area contributed by atoms with E-state index in [1.54, 1.807) is 0 Å². The van der Waals surface area contributed by atoms with E-state index in [4.69, 9.17) is 9.84 Å². The molecule has 0 aliphatic heterocycles. The number of rotatable bonds is 12. The molecule has 0 aliphatic rings. The van der Waals surface area contributed by atoms with E-state index in [0.29, 0.717) is 0 Å². The Hall–Kier alpha value is -1.10. The zero-order chi connectivity index (χ0) is 17.9. The predicted octanol–water partition coefficient (Wildman–Crippen LogP) is 3.49. The normalized spacial score (nSPS) is 14.8. The number of carboxylic acids is 1. The predicted molar refractivity (Wildman–Crippen MR) is 97.8 cm³/mol. The van der Waals surface area contributed by atoms with E-state index in [1.807, 2.05) is 13.8 Å². The molecule has 0 fully saturated rings. The molecule has 0 amide bonds. The Labute approximate surface area is 144 Å². The molecule has 0 rings (SSSR count). The van der Waals surface area contributed by atoms with Crippen molar-refractivity contribution in [2.24, 2.45) is 5.41 Å². The average Bonchev–Trinajstić information content (AvgIpc) is 2.47. The van der Waals surface area contributed by atoms with Crippen molar-refractivity contribution in [3.05, 3.63) is 12.2 Å². The van der Waals surface area contributed by atoms with Crippen LogP contribution in [0.15, 0.2) is 12.2 Å². The molecule has 0 saturated heterocycles. The van der Waals surface area contributed by atoms with Crippen LogP contribution in [0.4, 0.5) is 0 Å². The van der Waals surface area contributed by atoms with Gasteiger partial charge in [-0.2, -0.15) is 0 Å². The van der Waals surface area contributed by atoms with Gasteiger partial charge in [-0.1, -0.05) is 58.4 Å². The lowest BCUT2D eigenvalue weighted by atomic mass is 9.73. The van der Waals surface area contributed by atoms with Crippen LogP contribution in [0.25, 0.3) is 0 Å². The monoisotopic (exact) mass is 342 g/mol. The molecule has 0 heterocycles. The fourth-order valence-corrected chi connectivity index (χ4v) is 3.95. The Bertz CT molecular complexity index is 404. The Kier molecular flexibility index (Phi) is 10.1. The van der Waals surface area contributed by atoms with Crippen molar-refractivity contribution in [2.75, 3.05) is 0 Å². The molecule has 0 radical (unpaired) electrons. The highest BCUT2D eigenvalue weighted by Gasteiger charge is 2.41. The number of hydrogen-bond donors (Lipinski definition) is 1. The molecule has 4 nitrogen and oxygen atoms in total. The number of ether oxygens (including phenoxy) is 1. The summed E-state index contributed by atoms with van der Waals surface area (Å²) in [5.74, 6) is -1.72. The van der Waals surface area contributed by atoms with Crippen LogP contribution in [-0.4, -0.2) is 32.9 Å². The quantitative estimate of drug-likeness (QED) is 0.255. The molecule has 0 saturated carbocycles. The maximum Gasteiger partial charge on any atom is 0.331 e. The fourth-order valence-electron chi connectivity index (χ4n) is 2.75. The van der Waals surface area contributed by atoms with Crippen molar-refractivity contribution in [3.63, 3.8) is 0 Å². The van der Waals surface area contributed by atoms with Crippen molar-refractivity contribution < 1.29 is 19.4 Å². The van der Waals surface area contributed by atoms with Crippen LogP contribution in [0.2, 0.25) is 6.04 Å². The van der Waals surface area contributed by atoms with Crippen LogP contribution in [0.5, 0.6) is 0 Å². The molecule has 0 spiro atoms. The van der Waals surface area contributed by atoms with Crippen molar-refractivity contribution in [2.45, 2.75) is 84.3 Å². The number of carbonyl (C=O) groups is 2. The second-order valence-electron chi connectivity index (χ2n) is 7.03. The maximum atomic E-state index is 11.8. The van der Waals surface area contributed by atoms with Crippen LogP contribution >= 0.6 is 0 Å². The third-order valence-corrected chi connectivity index (χ3v) is 6.59. The van der Waals surface area contributed by atoms with Gasteiger partial charge in [-0.25, -0.2) is 9.59 Å². The third-order valence-electron chi connectivity index (χ3n) is 5.03. The van der Waals surface area contributed by atoms with Gasteiger partial charge in [0.25, 0.3) is 0 Å². The lowest BCUT2D eigenvalue weighted by molar-refractivity contribution is -0.163. The Morgan fingerprint density at radius 2 is 1.61 bits per heavy atom. The minimum absolute atomic E-state index is 0.0588. The van der Waals surface area contributed by atoms with E-state index in [0.717, 1.165) is 41.3 Å². The van der Waals surface area contributed by atoms with E-state index >= 15 is 0 Å². The molecule has 1 N–H and O–H groups in total. The molecule has 134 valence electrons. The summed E-state index contributed by atoms with van der Waals surface area (Å²) in [6.07, 6.45) is 10.3. The molecular weight excluding hydrogens is 308 g/mol. The topological polar surface area (TPSA) is 63.6 Å². The summed E-state index contributed by atoms with van der Waals surface area (Å²) in [5, 5.41) is 8.58. The SMILES string of the molecule is CCCCCCCCC(C)(C[SiH3])C(C)(C)OC(=O)C=CC(=O)O. The molecule has 1 unspecified atom stereocenters. The van der Waals surface area contributed by atoms with Gasteiger partial charge in [-0.05, 0) is 20.3 Å². The number of unbranched alkanes of at least 4 members (excludes halogenated alkanes) is 5. The molecule has 0 bridgehead atoms. The zero-order valence-electron chi connectivity index (χ0n) is 15.5. The number of aliphatic carboxylic acids is 1. The van der Waals surface area contributed by atoms with Gasteiger partial charge in [0.1, 0.15) is 5.60 Å². The van der Waals surface area contributed by atoms with Gasteiger partial charge >= 0.3 is 11.9 Å². The Morgan fingerprint density at radius 1 is 1.04 bits per heavy atom. The lowest BCUT2D eigenvalue weighted by Gasteiger charge is -2.43. The van der Waals surface area contributed by atoms with Gasteiger partial charge in [0.05, 0.1) is 0 Å². The summed E-state index contributed by atoms with van der Waals surface area (Å²) < 4.78 is 5.57. The van der Waals surface area contributed by atoms with Gasteiger partial charge in [0, 0.05) is 27.8 Å². The molecular formula is C18H34O4Si. The number of carboxylic acid groups (broad SMARTS) is 1. The highest BCUT2D eigenvalue weighted by molar-refractivity contribution is 6.09. The lowest BCUT2D eigenvalue weighted by Crippen LogP contribution is -2.44. The van der Waals surface area contributed by atoms with E-state index in [1.165, 1.54) is 32.1 Å². The van der Waals surface area contributed by atoms with E-state index in [9.17, 15) is 9.59 Å². The zero-order valence-corrected chi connectivity index (χ0v) is 17.5. The van der Waals surface area contributed by atoms with E-state index in [2.05, 4.69) is 13.8 Å². The molecule has 23 heavy (non-hydrogen) atoms. The van der Waals surface area contributed by atoms with E-state index in [-0.39, 0.29) is 5.41 Å². The first-order valence-electron chi connectivity index (χ1n) is 8.82. The smallest absolute Gasteiger partial charge is 0.331 e. The summed E-state index contributed by atoms with van der Waals surface area (Å²) in [7, 11) is 1.04. The van der Waals surface area contributed by atoms with Crippen molar-refractivity contribution in [3.8, 4) is 0 Å². The highest BCUT2D eigenvalue weighted by Crippen LogP contribution is 2.42. The average molecular weight is 343 g/mol. The second kappa shape index (κ2) is 10.6. The summed E-state index contributed by atoms with van der Waals surface area (Å²) in [4.78, 5) is 22.3. The molecule has 5 heteroatoms. The van der Waals surface area contributed by atoms with Gasteiger partial charge in [-0.3, -0.25) is 0 Å². The van der Waals surface area contributed by atoms with Crippen LogP contribution in [-0.2, 0) is 14.3 Å². The standard InChI is InChI=1S/C18H34O4Si/c1-5-6-7-8-9-10-13-18(4,14-23)17(2,3)22-16(21)12-11-15(19)20/h11-12H,5-10,13-14H2,1-4,23H3,(H,19,20). The first-order chi connectivity index (χ1) is 10.7. The van der Waals surface area contributed by atoms with E-state index < -0.39 is 17.5 Å². The van der Waals surface area contributed by atoms with Crippen LogP contribution in [0.1, 0.15) is 72.6 Å². The number of hydrogen-bond acceptors (Lipinski definition) is 3. The summed E-state index contributed by atoms with van der Waals surface area (Å²) >= 11 is 0. The van der Waals surface area contributed by atoms with Crippen molar-refractivity contribution in [1.82, 2.24) is 0 Å². The number of carbonyl (C=O) groups excluding carboxylic acids is 1. The molecule has 0 aromatic rings. The Morgan fingerprint density at radius 3 is 2.13 bits per heavy atom. The van der Waals surface area contributed by atoms with Gasteiger partial charge < -0.3 is 9.84 Å². The molecule has 1 atom stereocenters. The minimum Gasteiger partial charge on any atom is -0.478 e.